The molecule has 0 aliphatic heterocycles. The minimum atomic E-state index is -0.784. The first-order chi connectivity index (χ1) is 67.1. The van der Waals surface area contributed by atoms with E-state index < -0.39 is 270 Å². The summed E-state index contributed by atoms with van der Waals surface area (Å²) in [6, 6.07) is 7.46. The van der Waals surface area contributed by atoms with Crippen LogP contribution in [0, 0.1) is 0 Å². The lowest BCUT2D eigenvalue weighted by Crippen LogP contribution is -2.02. The maximum Gasteiger partial charge on any atom is 0.0645 e. The molecule has 0 spiro atoms. The second-order valence-corrected chi connectivity index (χ2v) is 22.8. The Morgan fingerprint density at radius 2 is 0.510 bits per heavy atom. The van der Waals surface area contributed by atoms with E-state index in [1.807, 2.05) is 0 Å². The molecule has 100 heavy (non-hydrogen) atoms. The lowest BCUT2D eigenvalue weighted by Gasteiger charge is -2.21. The second kappa shape index (κ2) is 24.4. The van der Waals surface area contributed by atoms with Gasteiger partial charge in [-0.3, -0.25) is 0 Å². The Morgan fingerprint density at radius 1 is 0.190 bits per heavy atom. The number of fused-ring (bicyclic) bond motifs is 12. The minimum Gasteiger partial charge on any atom is -0.309 e. The molecule has 4 aromatic heterocycles. The molecule has 0 amide bonds. The van der Waals surface area contributed by atoms with Crippen LogP contribution in [0.5, 0.6) is 0 Å². The molecule has 0 bridgehead atoms. The third kappa shape index (κ3) is 9.68. The smallest absolute Gasteiger partial charge is 0.0645 e. The summed E-state index contributed by atoms with van der Waals surface area (Å²) >= 11 is 0. The van der Waals surface area contributed by atoms with Crippen LogP contribution in [0.25, 0.3) is 177 Å². The topological polar surface area (TPSA) is 19.7 Å². The fraction of sp³-hybridized carbons (Fsp3) is 0. The average Bonchev–Trinajstić information content (AvgIpc) is 1.52. The Labute approximate surface area is 638 Å². The highest BCUT2D eigenvalue weighted by molar-refractivity contribution is 6.18. The van der Waals surface area contributed by atoms with E-state index in [1.165, 1.54) is 34.9 Å². The lowest BCUT2D eigenvalue weighted by molar-refractivity contribution is 1.17. The molecule has 0 saturated carbocycles. The Kier molecular flexibility index (Phi) is 7.23. The van der Waals surface area contributed by atoms with Crippen molar-refractivity contribution in [1.29, 1.82) is 0 Å². The van der Waals surface area contributed by atoms with Gasteiger partial charge >= 0.3 is 0 Å². The van der Waals surface area contributed by atoms with E-state index in [-0.39, 0.29) is 106 Å². The average molecular weight is 1320 g/mol. The molecule has 0 fully saturated rings. The van der Waals surface area contributed by atoms with Gasteiger partial charge in [0.25, 0.3) is 0 Å². The molecule has 20 aromatic rings. The van der Waals surface area contributed by atoms with Crippen LogP contribution in [-0.4, -0.2) is 18.3 Å². The first-order valence-electron chi connectivity index (χ1n) is 52.0. The molecule has 16 aromatic carbocycles. The third-order valence-electron chi connectivity index (χ3n) is 17.5. The van der Waals surface area contributed by atoms with Crippen molar-refractivity contribution in [2.75, 3.05) is 0 Å². The normalized spacial score (nSPS) is 17.5. The predicted molar refractivity (Wildman–Crippen MR) is 423 cm³/mol. The summed E-state index contributed by atoms with van der Waals surface area (Å²) in [4.78, 5) is 0. The van der Waals surface area contributed by atoms with Crippen LogP contribution in [0.15, 0.2) is 387 Å². The van der Waals surface area contributed by atoms with Crippen molar-refractivity contribution in [2.24, 2.45) is 0 Å². The van der Waals surface area contributed by atoms with E-state index >= 15 is 0 Å². The molecule has 4 nitrogen and oxygen atoms in total. The molecule has 20 rings (SSSR count). The van der Waals surface area contributed by atoms with Gasteiger partial charge in [-0.1, -0.05) is 296 Å². The number of hydrogen-bond donors (Lipinski definition) is 0. The highest BCUT2D eigenvalue weighted by Crippen LogP contribution is 2.48. The van der Waals surface area contributed by atoms with E-state index in [4.69, 9.17) is 45.2 Å². The SMILES string of the molecule is [2H]c1c([2H])c([2H])c(-c2cc(-c3c([2H])c([2H])c([2H])c([2H])c3[2H])c(-n3c4ccccc4c4c(-n5c6ccccc6c6c([2H])c([2H])c([2H])c([2H])c65)cccc43)c(-c3c([2H])c([2H])c([2H])c([2H])c3[2H])c2)c([2H])c1[2H].[2H]c1c([2H])c([2H])c(-c2cc(-c3c([2H])c([2H])c([2H])c([2H])c3[2H])c(-n3c4ccccc4c4cc(-n5c6c([2H])c([2H])c([2H])c([2H])c6c6c([2H])c([2H])c([2H])c([2H])c65)ccc43)c(-c3c([2H])c([2H])c([2H])c([2H])c3[2H])c2)c([2H])c1[2H]. The van der Waals surface area contributed by atoms with Crippen LogP contribution in [0.1, 0.15) is 57.6 Å². The molecule has 468 valence electrons. The van der Waals surface area contributed by atoms with E-state index in [2.05, 4.69) is 0 Å². The van der Waals surface area contributed by atoms with Crippen LogP contribution in [0.2, 0.25) is 0 Å². The van der Waals surface area contributed by atoms with Gasteiger partial charge in [0.2, 0.25) is 0 Å². The van der Waals surface area contributed by atoms with E-state index in [0.717, 1.165) is 0 Å². The van der Waals surface area contributed by atoms with Gasteiger partial charge in [-0.05, 0) is 135 Å². The summed E-state index contributed by atoms with van der Waals surface area (Å²) in [5, 5.41) is 2.27. The van der Waals surface area contributed by atoms with E-state index in [9.17, 15) is 12.3 Å². The van der Waals surface area contributed by atoms with Crippen LogP contribution in [-0.2, 0) is 0 Å². The number of nitrogens with zero attached hydrogens (tertiary/aromatic N) is 4. The summed E-state index contributed by atoms with van der Waals surface area (Å²) in [7, 11) is 0. The highest BCUT2D eigenvalue weighted by atomic mass is 15.0. The Hall–Kier alpha value is -13.3. The molecule has 0 unspecified atom stereocenters. The van der Waals surface area contributed by atoms with Gasteiger partial charge in [-0.25, -0.2) is 0 Å². The van der Waals surface area contributed by atoms with Gasteiger partial charge in [0.05, 0.1) is 119 Å². The van der Waals surface area contributed by atoms with Crippen molar-refractivity contribution >= 4 is 87.2 Å². The maximum absolute atomic E-state index is 9.32. The fourth-order valence-electron chi connectivity index (χ4n) is 13.5. The molecule has 0 N–H and O–H groups in total. The van der Waals surface area contributed by atoms with Crippen LogP contribution in [0.4, 0.5) is 0 Å². The number of benzene rings is 16. The molecule has 0 radical (unpaired) electrons. The monoisotopic (exact) mass is 1310 g/mol. The summed E-state index contributed by atoms with van der Waals surface area (Å²) in [5.41, 5.74) is -1.84. The van der Waals surface area contributed by atoms with Crippen molar-refractivity contribution in [3.05, 3.63) is 387 Å². The number of aromatic nitrogens is 4. The lowest BCUT2D eigenvalue weighted by atomic mass is 9.90. The van der Waals surface area contributed by atoms with Gasteiger partial charge < -0.3 is 18.3 Å². The van der Waals surface area contributed by atoms with Crippen LogP contribution >= 0.6 is 0 Å². The number of hydrogen-bond acceptors (Lipinski definition) is 0. The highest BCUT2D eigenvalue weighted by Gasteiger charge is 2.26. The van der Waals surface area contributed by atoms with Gasteiger partial charge in [0, 0.05) is 71.0 Å². The number of para-hydroxylation sites is 6. The minimum absolute atomic E-state index is 0.0735. The zero-order chi connectivity index (χ0) is 103. The van der Waals surface area contributed by atoms with Gasteiger partial charge in [0.1, 0.15) is 0 Å². The Bertz CT molecular complexity index is 8770. The summed E-state index contributed by atoms with van der Waals surface area (Å²) in [6.45, 7) is 0. The summed E-state index contributed by atoms with van der Waals surface area (Å²) < 4.78 is 377. The third-order valence-corrected chi connectivity index (χ3v) is 17.5. The number of rotatable bonds is 10. The van der Waals surface area contributed by atoms with E-state index in [1.54, 1.807) is 117 Å². The first kappa shape index (κ1) is 29.6. The predicted octanol–water partition coefficient (Wildman–Crippen LogP) is 25.8. The van der Waals surface area contributed by atoms with Crippen molar-refractivity contribution in [2.45, 2.75) is 0 Å². The summed E-state index contributed by atoms with van der Waals surface area (Å²) in [6.07, 6.45) is 0. The largest absolute Gasteiger partial charge is 0.309 e. The molecule has 4 heteroatoms. The Balaban J connectivity index is 0.000000181. The fourth-order valence-corrected chi connectivity index (χ4v) is 13.5. The molecule has 0 aliphatic rings. The molecule has 4 heterocycles. The molecule has 0 saturated heterocycles. The van der Waals surface area contributed by atoms with Gasteiger partial charge in [-0.2, -0.15) is 0 Å². The zero-order valence-corrected chi connectivity index (χ0v) is 51.5. The maximum atomic E-state index is 9.32. The zero-order valence-electron chi connectivity index (χ0n) is 93.5. The quantitative estimate of drug-likeness (QED) is 0.130. The van der Waals surface area contributed by atoms with Gasteiger partial charge in [-0.15, -0.1) is 0 Å². The second-order valence-electron chi connectivity index (χ2n) is 22.8. The van der Waals surface area contributed by atoms with Crippen molar-refractivity contribution in [3.8, 4) is 89.5 Å². The molecule has 0 atom stereocenters. The Morgan fingerprint density at radius 3 is 0.960 bits per heavy atom. The van der Waals surface area contributed by atoms with Gasteiger partial charge in [0.15, 0.2) is 0 Å². The molecular formula is C96H64N4. The first-order valence-corrected chi connectivity index (χ1v) is 31.0. The standard InChI is InChI=1S/2C48H32N2/c1-4-17-33(18-5-1)36-31-40(34-19-6-2-7-20-34)48(41(32-36)35-21-8-3-9-22-35)50-44-28-15-12-25-39(44)47-45(29-16-30-46(47)50)49-42-26-13-10-23-37(42)38-24-11-14-27-43(38)49;1-4-16-33(17-5-1)36-30-41(34-18-6-2-7-19-34)48(42(31-36)35-20-8-3-9-21-35)50-46-27-15-12-24-40(46)43-32-37(28-29-47(43)50)49-44-25-13-10-22-38(44)39-23-11-14-26-45(39)49/h2*1-32H/i1D,2D,3D,4D,5D,6D,7D,8D,9D,10D,13D,17D,18D,19D,20D,21D,22D,23D,26D;1D,2D,3D,4D,5D,6D,7D,8D,9D,10D,11D,13D,14D,16D,17D,18D,19D,20D,21D,22D,23D,25D,26D. The molecular weight excluding hydrogens is 1210 g/mol. The molecule has 0 aliphatic carbocycles. The van der Waals surface area contributed by atoms with Crippen molar-refractivity contribution in [1.82, 2.24) is 18.3 Å². The van der Waals surface area contributed by atoms with Crippen LogP contribution in [0.3, 0.4) is 0 Å². The van der Waals surface area contributed by atoms with Crippen molar-refractivity contribution in [3.63, 3.8) is 0 Å². The van der Waals surface area contributed by atoms with E-state index in [0.29, 0.717) is 54.7 Å². The summed E-state index contributed by atoms with van der Waals surface area (Å²) in [5.74, 6) is 0. The van der Waals surface area contributed by atoms with Crippen molar-refractivity contribution < 1.29 is 57.6 Å². The van der Waals surface area contributed by atoms with Crippen LogP contribution < -0.4 is 0 Å².